The van der Waals surface area contributed by atoms with Crippen molar-refractivity contribution in [1.29, 1.82) is 0 Å². The molecule has 5 heteroatoms. The maximum Gasteiger partial charge on any atom is 0.169 e. The Morgan fingerprint density at radius 2 is 2.31 bits per heavy atom. The van der Waals surface area contributed by atoms with Crippen LogP contribution in [0.5, 0.6) is 0 Å². The normalized spacial score (nSPS) is 10.4. The van der Waals surface area contributed by atoms with Gasteiger partial charge in [-0.3, -0.25) is 4.79 Å². The molecule has 0 N–H and O–H groups in total. The van der Waals surface area contributed by atoms with Crippen molar-refractivity contribution < 1.29 is 4.79 Å². The third-order valence-corrected chi connectivity index (χ3v) is 3.93. The van der Waals surface area contributed by atoms with Gasteiger partial charge < -0.3 is 0 Å². The third-order valence-electron chi connectivity index (χ3n) is 2.01. The molecule has 0 saturated heterocycles. The largest absolute Gasteiger partial charge is 0.294 e. The summed E-state index contributed by atoms with van der Waals surface area (Å²) in [7, 11) is 0. The van der Waals surface area contributed by atoms with E-state index < -0.39 is 0 Å². The van der Waals surface area contributed by atoms with Crippen LogP contribution in [0.25, 0.3) is 0 Å². The Kier molecular flexibility index (Phi) is 3.74. The van der Waals surface area contributed by atoms with Crippen molar-refractivity contribution in [3.05, 3.63) is 49.8 Å². The zero-order chi connectivity index (χ0) is 11.5. The van der Waals surface area contributed by atoms with Gasteiger partial charge >= 0.3 is 0 Å². The second-order valence-electron chi connectivity index (χ2n) is 3.20. The first-order chi connectivity index (χ1) is 7.65. The number of rotatable bonds is 3. The second-order valence-corrected chi connectivity index (χ2v) is 5.50. The molecule has 0 aliphatic heterocycles. The van der Waals surface area contributed by atoms with Crippen molar-refractivity contribution in [3.63, 3.8) is 0 Å². The Hall–Kier alpha value is -0.710. The lowest BCUT2D eigenvalue weighted by atomic mass is 10.1. The van der Waals surface area contributed by atoms with Gasteiger partial charge in [-0.25, -0.2) is 4.98 Å². The molecular weight excluding hydrogens is 310 g/mol. The fourth-order valence-electron chi connectivity index (χ4n) is 1.25. The van der Waals surface area contributed by atoms with Gasteiger partial charge in [0.25, 0.3) is 0 Å². The molecule has 82 valence electrons. The fourth-order valence-corrected chi connectivity index (χ4v) is 2.81. The molecule has 0 spiro atoms. The standard InChI is InChI=1S/C11H7BrClNOS/c12-8-3-9(16-6-8)4-10(15)7-1-2-11(13)14-5-7/h1-3,5-6H,4H2. The predicted molar refractivity (Wildman–Crippen MR) is 69.3 cm³/mol. The van der Waals surface area contributed by atoms with E-state index in [1.807, 2.05) is 11.4 Å². The summed E-state index contributed by atoms with van der Waals surface area (Å²) < 4.78 is 1.01. The van der Waals surface area contributed by atoms with Crippen LogP contribution in [-0.4, -0.2) is 10.8 Å². The van der Waals surface area contributed by atoms with Gasteiger partial charge in [-0.05, 0) is 34.1 Å². The van der Waals surface area contributed by atoms with Crippen LogP contribution in [0, 0.1) is 0 Å². The van der Waals surface area contributed by atoms with Crippen LogP contribution in [-0.2, 0) is 6.42 Å². The number of carbonyl (C=O) groups excluding carboxylic acids is 1. The zero-order valence-corrected chi connectivity index (χ0v) is 11.3. The molecule has 2 aromatic heterocycles. The Morgan fingerprint density at radius 3 is 2.88 bits per heavy atom. The Balaban J connectivity index is 2.11. The van der Waals surface area contributed by atoms with Crippen molar-refractivity contribution in [2.75, 3.05) is 0 Å². The number of nitrogens with zero attached hydrogens (tertiary/aromatic N) is 1. The van der Waals surface area contributed by atoms with E-state index in [1.165, 1.54) is 6.20 Å². The van der Waals surface area contributed by atoms with Gasteiger partial charge in [0.1, 0.15) is 5.15 Å². The van der Waals surface area contributed by atoms with Crippen molar-refractivity contribution in [1.82, 2.24) is 4.98 Å². The first-order valence-corrected chi connectivity index (χ1v) is 6.58. The number of ketones is 1. The summed E-state index contributed by atoms with van der Waals surface area (Å²) >= 11 is 10.6. The maximum absolute atomic E-state index is 11.8. The van der Waals surface area contributed by atoms with Gasteiger partial charge in [0.2, 0.25) is 0 Å². The van der Waals surface area contributed by atoms with Gasteiger partial charge in [0.15, 0.2) is 5.78 Å². The van der Waals surface area contributed by atoms with Crippen LogP contribution in [0.3, 0.4) is 0 Å². The van der Waals surface area contributed by atoms with Crippen LogP contribution >= 0.6 is 38.9 Å². The topological polar surface area (TPSA) is 30.0 Å². The van der Waals surface area contributed by atoms with E-state index in [0.717, 1.165) is 9.35 Å². The smallest absolute Gasteiger partial charge is 0.169 e. The second kappa shape index (κ2) is 5.08. The van der Waals surface area contributed by atoms with Gasteiger partial charge in [0.05, 0.1) is 0 Å². The molecular formula is C11H7BrClNOS. The molecule has 0 saturated carbocycles. The first kappa shape index (κ1) is 11.8. The van der Waals surface area contributed by atoms with E-state index in [9.17, 15) is 4.79 Å². The molecule has 0 radical (unpaired) electrons. The maximum atomic E-state index is 11.8. The molecule has 0 bridgehead atoms. The first-order valence-electron chi connectivity index (χ1n) is 4.53. The predicted octanol–water partition coefficient (Wildman–Crippen LogP) is 3.98. The van der Waals surface area contributed by atoms with Crippen LogP contribution in [0.2, 0.25) is 5.15 Å². The number of pyridine rings is 1. The number of carbonyl (C=O) groups is 1. The molecule has 0 aliphatic carbocycles. The lowest BCUT2D eigenvalue weighted by Crippen LogP contribution is -2.02. The molecule has 2 heterocycles. The average molecular weight is 317 g/mol. The lowest BCUT2D eigenvalue weighted by Gasteiger charge is -1.98. The Labute approximate surface area is 110 Å². The molecule has 0 aliphatic rings. The number of hydrogen-bond acceptors (Lipinski definition) is 3. The number of hydrogen-bond donors (Lipinski definition) is 0. The molecule has 0 atom stereocenters. The zero-order valence-electron chi connectivity index (χ0n) is 8.11. The summed E-state index contributed by atoms with van der Waals surface area (Å²) in [6.07, 6.45) is 1.91. The van der Waals surface area contributed by atoms with Crippen LogP contribution in [0.1, 0.15) is 15.2 Å². The minimum Gasteiger partial charge on any atom is -0.294 e. The molecule has 0 amide bonds. The minimum atomic E-state index is 0.0542. The average Bonchev–Trinajstić information content (AvgIpc) is 2.65. The quantitative estimate of drug-likeness (QED) is 0.633. The summed E-state index contributed by atoms with van der Waals surface area (Å²) in [6, 6.07) is 5.27. The summed E-state index contributed by atoms with van der Waals surface area (Å²) in [5.74, 6) is 0.0542. The molecule has 2 nitrogen and oxygen atoms in total. The number of thiophene rings is 1. The number of halogens is 2. The highest BCUT2D eigenvalue weighted by Crippen LogP contribution is 2.21. The van der Waals surface area contributed by atoms with Crippen LogP contribution < -0.4 is 0 Å². The van der Waals surface area contributed by atoms with Crippen molar-refractivity contribution >= 4 is 44.7 Å². The van der Waals surface area contributed by atoms with Crippen LogP contribution in [0.4, 0.5) is 0 Å². The number of Topliss-reactive ketones (excluding diaryl/α,β-unsaturated/α-hetero) is 1. The molecule has 0 unspecified atom stereocenters. The minimum absolute atomic E-state index is 0.0542. The van der Waals surface area contributed by atoms with E-state index in [0.29, 0.717) is 17.1 Å². The molecule has 0 fully saturated rings. The van der Waals surface area contributed by atoms with Crippen molar-refractivity contribution in [2.24, 2.45) is 0 Å². The SMILES string of the molecule is O=C(Cc1cc(Br)cs1)c1ccc(Cl)nc1. The lowest BCUT2D eigenvalue weighted by molar-refractivity contribution is 0.0993. The van der Waals surface area contributed by atoms with E-state index in [4.69, 9.17) is 11.6 Å². The third kappa shape index (κ3) is 2.90. The Morgan fingerprint density at radius 1 is 1.50 bits per heavy atom. The number of aromatic nitrogens is 1. The summed E-state index contributed by atoms with van der Waals surface area (Å²) in [6.45, 7) is 0. The highest BCUT2D eigenvalue weighted by atomic mass is 79.9. The van der Waals surface area contributed by atoms with Crippen molar-refractivity contribution in [3.8, 4) is 0 Å². The molecule has 0 aromatic carbocycles. The van der Waals surface area contributed by atoms with Gasteiger partial charge in [0, 0.05) is 32.9 Å². The van der Waals surface area contributed by atoms with E-state index in [-0.39, 0.29) is 5.78 Å². The summed E-state index contributed by atoms with van der Waals surface area (Å²) in [4.78, 5) is 16.8. The van der Waals surface area contributed by atoms with Gasteiger partial charge in [-0.1, -0.05) is 11.6 Å². The molecule has 2 rings (SSSR count). The van der Waals surface area contributed by atoms with Crippen LogP contribution in [0.15, 0.2) is 34.2 Å². The van der Waals surface area contributed by atoms with Crippen molar-refractivity contribution in [2.45, 2.75) is 6.42 Å². The van der Waals surface area contributed by atoms with Gasteiger partial charge in [-0.2, -0.15) is 0 Å². The van der Waals surface area contributed by atoms with Gasteiger partial charge in [-0.15, -0.1) is 11.3 Å². The molecule has 2 aromatic rings. The molecule has 16 heavy (non-hydrogen) atoms. The van der Waals surface area contributed by atoms with E-state index in [2.05, 4.69) is 20.9 Å². The Bertz CT molecular complexity index is 509. The van der Waals surface area contributed by atoms with E-state index in [1.54, 1.807) is 23.5 Å². The monoisotopic (exact) mass is 315 g/mol. The highest BCUT2D eigenvalue weighted by molar-refractivity contribution is 9.10. The summed E-state index contributed by atoms with van der Waals surface area (Å²) in [5, 5.41) is 2.36. The van der Waals surface area contributed by atoms with E-state index >= 15 is 0 Å². The fraction of sp³-hybridized carbons (Fsp3) is 0.0909. The highest BCUT2D eigenvalue weighted by Gasteiger charge is 2.08. The summed E-state index contributed by atoms with van der Waals surface area (Å²) in [5.41, 5.74) is 0.592.